The van der Waals surface area contributed by atoms with Gasteiger partial charge in [-0.3, -0.25) is 14.6 Å². The summed E-state index contributed by atoms with van der Waals surface area (Å²) in [4.78, 5) is 28.5. The second kappa shape index (κ2) is 4.95. The van der Waals surface area contributed by atoms with Gasteiger partial charge >= 0.3 is 5.97 Å². The van der Waals surface area contributed by atoms with E-state index in [0.29, 0.717) is 11.3 Å². The number of anilines is 3. The Morgan fingerprint density at radius 1 is 1.17 bits per heavy atom. The van der Waals surface area contributed by atoms with Crippen molar-refractivity contribution in [1.82, 2.24) is 4.98 Å². The van der Waals surface area contributed by atoms with E-state index in [-0.39, 0.29) is 12.1 Å². The molecule has 2 aliphatic heterocycles. The predicted molar refractivity (Wildman–Crippen MR) is 88.7 cm³/mol. The van der Waals surface area contributed by atoms with E-state index in [2.05, 4.69) is 20.9 Å². The van der Waals surface area contributed by atoms with E-state index < -0.39 is 11.4 Å². The lowest BCUT2D eigenvalue weighted by Crippen LogP contribution is -2.40. The SMILES string of the molecule is COC(=O)C1(C)C(=O)Nc2cc3c(cc21)NC(c1ccncc1)N3. The van der Waals surface area contributed by atoms with Crippen LogP contribution in [0, 0.1) is 0 Å². The van der Waals surface area contributed by atoms with Gasteiger partial charge in [0.2, 0.25) is 5.91 Å². The minimum absolute atomic E-state index is 0.0920. The number of nitrogens with zero attached hydrogens (tertiary/aromatic N) is 1. The van der Waals surface area contributed by atoms with Crippen molar-refractivity contribution in [3.05, 3.63) is 47.8 Å². The Morgan fingerprint density at radius 2 is 1.83 bits per heavy atom. The number of rotatable bonds is 2. The molecule has 2 aliphatic rings. The Hall–Kier alpha value is -3.09. The molecule has 3 heterocycles. The van der Waals surface area contributed by atoms with E-state index >= 15 is 0 Å². The molecule has 2 atom stereocenters. The zero-order valence-corrected chi connectivity index (χ0v) is 13.2. The smallest absolute Gasteiger partial charge is 0.325 e. The molecule has 0 bridgehead atoms. The average Bonchev–Trinajstić information content (AvgIpc) is 3.13. The van der Waals surface area contributed by atoms with Crippen LogP contribution in [0.1, 0.15) is 24.2 Å². The molecule has 0 saturated heterocycles. The third-order valence-corrected chi connectivity index (χ3v) is 4.63. The first-order valence-electron chi connectivity index (χ1n) is 7.55. The van der Waals surface area contributed by atoms with Crippen molar-refractivity contribution >= 4 is 28.9 Å². The minimum Gasteiger partial charge on any atom is -0.468 e. The predicted octanol–water partition coefficient (Wildman–Crippen LogP) is 2.00. The van der Waals surface area contributed by atoms with Gasteiger partial charge in [0.15, 0.2) is 5.41 Å². The lowest BCUT2D eigenvalue weighted by atomic mass is 9.83. The number of carbonyl (C=O) groups excluding carboxylic acids is 2. The Morgan fingerprint density at radius 3 is 2.50 bits per heavy atom. The zero-order valence-electron chi connectivity index (χ0n) is 13.2. The summed E-state index contributed by atoms with van der Waals surface area (Å²) in [6.07, 6.45) is 3.37. The summed E-state index contributed by atoms with van der Waals surface area (Å²) in [7, 11) is 1.28. The fraction of sp³-hybridized carbons (Fsp3) is 0.235. The molecule has 3 N–H and O–H groups in total. The number of methoxy groups -OCH3 is 1. The maximum Gasteiger partial charge on any atom is 0.325 e. The van der Waals surface area contributed by atoms with E-state index in [1.54, 1.807) is 19.3 Å². The lowest BCUT2D eigenvalue weighted by molar-refractivity contribution is -0.150. The summed E-state index contributed by atoms with van der Waals surface area (Å²) in [6, 6.07) is 7.51. The molecule has 7 nitrogen and oxygen atoms in total. The Labute approximate surface area is 138 Å². The van der Waals surface area contributed by atoms with Gasteiger partial charge in [-0.1, -0.05) is 0 Å². The number of carbonyl (C=O) groups is 2. The number of aromatic nitrogens is 1. The van der Waals surface area contributed by atoms with Crippen molar-refractivity contribution in [2.24, 2.45) is 0 Å². The van der Waals surface area contributed by atoms with Crippen LogP contribution in [-0.2, 0) is 19.7 Å². The third-order valence-electron chi connectivity index (χ3n) is 4.63. The molecule has 0 spiro atoms. The summed E-state index contributed by atoms with van der Waals surface area (Å²) in [5, 5.41) is 9.49. The van der Waals surface area contributed by atoms with E-state index in [1.807, 2.05) is 24.3 Å². The van der Waals surface area contributed by atoms with Crippen molar-refractivity contribution < 1.29 is 14.3 Å². The first kappa shape index (κ1) is 14.5. The van der Waals surface area contributed by atoms with Gasteiger partial charge in [0.25, 0.3) is 0 Å². The number of benzene rings is 1. The summed E-state index contributed by atoms with van der Waals surface area (Å²) < 4.78 is 4.83. The molecule has 7 heteroatoms. The second-order valence-electron chi connectivity index (χ2n) is 6.02. The fourth-order valence-electron chi connectivity index (χ4n) is 3.20. The molecule has 2 unspecified atom stereocenters. The van der Waals surface area contributed by atoms with Gasteiger partial charge < -0.3 is 20.7 Å². The molecular weight excluding hydrogens is 308 g/mol. The molecule has 0 radical (unpaired) electrons. The van der Waals surface area contributed by atoms with E-state index in [1.165, 1.54) is 7.11 Å². The minimum atomic E-state index is -1.34. The van der Waals surface area contributed by atoms with E-state index in [0.717, 1.165) is 16.9 Å². The molecule has 2 aromatic rings. The molecule has 0 fully saturated rings. The van der Waals surface area contributed by atoms with Crippen molar-refractivity contribution in [3.8, 4) is 0 Å². The van der Waals surface area contributed by atoms with Gasteiger partial charge in [-0.05, 0) is 36.8 Å². The number of hydrogen-bond donors (Lipinski definition) is 3. The number of ether oxygens (including phenoxy) is 1. The van der Waals surface area contributed by atoms with Crippen LogP contribution in [0.5, 0.6) is 0 Å². The molecule has 122 valence electrons. The molecule has 1 amide bonds. The third kappa shape index (κ3) is 1.87. The normalized spacial score (nSPS) is 23.6. The van der Waals surface area contributed by atoms with Crippen LogP contribution < -0.4 is 16.0 Å². The second-order valence-corrected chi connectivity index (χ2v) is 6.02. The first-order chi connectivity index (χ1) is 11.5. The standard InChI is InChI=1S/C17H16N4O3/c1-17(16(23)24-2)10-7-12-13(8-11(10)21-15(17)22)20-14(19-12)9-3-5-18-6-4-9/h3-8,14,19-20H,1-2H3,(H,21,22). The molecule has 1 aromatic heterocycles. The van der Waals surface area contributed by atoms with Gasteiger partial charge in [-0.25, -0.2) is 0 Å². The highest BCUT2D eigenvalue weighted by molar-refractivity contribution is 6.19. The van der Waals surface area contributed by atoms with E-state index in [4.69, 9.17) is 4.74 Å². The Bertz CT molecular complexity index is 852. The van der Waals surface area contributed by atoms with Gasteiger partial charge in [-0.2, -0.15) is 0 Å². The number of pyridine rings is 1. The largest absolute Gasteiger partial charge is 0.468 e. The van der Waals surface area contributed by atoms with E-state index in [9.17, 15) is 9.59 Å². The van der Waals surface area contributed by atoms with Gasteiger partial charge in [0.05, 0.1) is 18.5 Å². The van der Waals surface area contributed by atoms with Crippen LogP contribution in [0.2, 0.25) is 0 Å². The highest BCUT2D eigenvalue weighted by Crippen LogP contribution is 2.46. The number of nitrogens with one attached hydrogen (secondary N) is 3. The zero-order chi connectivity index (χ0) is 16.9. The summed E-state index contributed by atoms with van der Waals surface area (Å²) in [5.41, 5.74) is 2.64. The Kier molecular flexibility index (Phi) is 2.99. The van der Waals surface area contributed by atoms with Gasteiger partial charge in [0.1, 0.15) is 6.17 Å². The number of amides is 1. The fourth-order valence-corrected chi connectivity index (χ4v) is 3.20. The van der Waals surface area contributed by atoms with Crippen LogP contribution in [0.15, 0.2) is 36.7 Å². The van der Waals surface area contributed by atoms with Gasteiger partial charge in [-0.15, -0.1) is 0 Å². The summed E-state index contributed by atoms with van der Waals surface area (Å²) in [5.74, 6) is -0.950. The Balaban J connectivity index is 1.73. The van der Waals surface area contributed by atoms with Crippen molar-refractivity contribution in [3.63, 3.8) is 0 Å². The van der Waals surface area contributed by atoms with Crippen molar-refractivity contribution in [2.45, 2.75) is 18.5 Å². The van der Waals surface area contributed by atoms with Crippen LogP contribution in [0.3, 0.4) is 0 Å². The molecular formula is C17H16N4O3. The molecule has 1 aromatic carbocycles. The number of fused-ring (bicyclic) bond motifs is 2. The molecule has 4 rings (SSSR count). The molecule has 24 heavy (non-hydrogen) atoms. The molecule has 0 saturated carbocycles. The quantitative estimate of drug-likeness (QED) is 0.578. The van der Waals surface area contributed by atoms with Crippen LogP contribution in [0.25, 0.3) is 0 Å². The lowest BCUT2D eigenvalue weighted by Gasteiger charge is -2.19. The number of hydrogen-bond acceptors (Lipinski definition) is 6. The topological polar surface area (TPSA) is 92.4 Å². The van der Waals surface area contributed by atoms with Gasteiger partial charge in [0, 0.05) is 23.6 Å². The summed E-state index contributed by atoms with van der Waals surface area (Å²) in [6.45, 7) is 1.58. The maximum absolute atomic E-state index is 12.3. The highest BCUT2D eigenvalue weighted by Gasteiger charge is 2.51. The highest BCUT2D eigenvalue weighted by atomic mass is 16.5. The summed E-state index contributed by atoms with van der Waals surface area (Å²) >= 11 is 0. The van der Waals surface area contributed by atoms with Crippen LogP contribution >= 0.6 is 0 Å². The van der Waals surface area contributed by atoms with Crippen LogP contribution in [-0.4, -0.2) is 24.0 Å². The van der Waals surface area contributed by atoms with Crippen molar-refractivity contribution in [1.29, 1.82) is 0 Å². The first-order valence-corrected chi connectivity index (χ1v) is 7.55. The maximum atomic E-state index is 12.3. The van der Waals surface area contributed by atoms with Crippen molar-refractivity contribution in [2.75, 3.05) is 23.1 Å². The molecule has 0 aliphatic carbocycles. The average molecular weight is 324 g/mol. The van der Waals surface area contributed by atoms with Crippen LogP contribution in [0.4, 0.5) is 17.1 Å². The monoisotopic (exact) mass is 324 g/mol. The number of esters is 1.